The maximum atomic E-state index is 4.45. The lowest BCUT2D eigenvalue weighted by Gasteiger charge is -2.18. The van der Waals surface area contributed by atoms with E-state index in [1.54, 1.807) is 0 Å². The monoisotopic (exact) mass is 487 g/mol. The zero-order chi connectivity index (χ0) is 12.3. The molecule has 3 nitrogen and oxygen atoms in total. The van der Waals surface area contributed by atoms with Gasteiger partial charge in [0.25, 0.3) is 0 Å². The molecule has 0 aromatic heterocycles. The molecule has 1 aromatic carbocycles. The summed E-state index contributed by atoms with van der Waals surface area (Å²) in [5.41, 5.74) is 1.24. The lowest BCUT2D eigenvalue weighted by atomic mass is 10.2. The standard InChI is InChI=1S/C12H15Br2N3.HI/c1-2-17-6-5-15-12(17)16-8-9-3-4-10(13)11(14)7-9;/h3-4,7H,2,5-6,8H2,1H3,(H,15,16);1H. The van der Waals surface area contributed by atoms with Crippen LogP contribution in [0.1, 0.15) is 12.5 Å². The quantitative estimate of drug-likeness (QED) is 0.658. The molecule has 2 rings (SSSR count). The first-order valence-electron chi connectivity index (χ1n) is 5.68. The minimum absolute atomic E-state index is 0. The van der Waals surface area contributed by atoms with Crippen molar-refractivity contribution in [3.63, 3.8) is 0 Å². The second-order valence-corrected chi connectivity index (χ2v) is 5.60. The number of halogens is 3. The number of nitrogens with zero attached hydrogens (tertiary/aromatic N) is 2. The Morgan fingerprint density at radius 3 is 2.78 bits per heavy atom. The van der Waals surface area contributed by atoms with Gasteiger partial charge in [-0.25, -0.2) is 0 Å². The number of rotatable bonds is 3. The molecule has 0 unspecified atom stereocenters. The minimum Gasteiger partial charge on any atom is -0.352 e. The maximum absolute atomic E-state index is 4.45. The third-order valence-electron chi connectivity index (χ3n) is 2.75. The smallest absolute Gasteiger partial charge is 0.194 e. The highest BCUT2D eigenvalue weighted by Gasteiger charge is 2.13. The second kappa shape index (κ2) is 7.69. The summed E-state index contributed by atoms with van der Waals surface area (Å²) in [4.78, 5) is 6.71. The van der Waals surface area contributed by atoms with E-state index in [-0.39, 0.29) is 24.0 Å². The summed E-state index contributed by atoms with van der Waals surface area (Å²) in [6, 6.07) is 6.27. The number of hydrogen-bond acceptors (Lipinski definition) is 3. The molecule has 0 bridgehead atoms. The molecule has 1 aliphatic rings. The number of likely N-dealkylation sites (N-methyl/N-ethyl adjacent to an activating group) is 1. The molecular formula is C12H16Br2IN3. The van der Waals surface area contributed by atoms with Crippen molar-refractivity contribution in [1.29, 1.82) is 0 Å². The summed E-state index contributed by atoms with van der Waals surface area (Å²) >= 11 is 6.98. The van der Waals surface area contributed by atoms with E-state index in [0.717, 1.165) is 41.1 Å². The molecule has 0 aliphatic carbocycles. The predicted molar refractivity (Wildman–Crippen MR) is 93.6 cm³/mol. The summed E-state index contributed by atoms with van der Waals surface area (Å²) in [6.07, 6.45) is 0. The highest BCUT2D eigenvalue weighted by molar-refractivity contribution is 14.0. The van der Waals surface area contributed by atoms with Crippen LogP contribution in [0.3, 0.4) is 0 Å². The Balaban J connectivity index is 0.00000162. The Bertz CT molecular complexity index is 437. The van der Waals surface area contributed by atoms with Gasteiger partial charge in [0.15, 0.2) is 5.96 Å². The Morgan fingerprint density at radius 1 is 1.33 bits per heavy atom. The molecule has 1 aromatic rings. The normalized spacial score (nSPS) is 14.2. The van der Waals surface area contributed by atoms with E-state index in [1.807, 2.05) is 0 Å². The van der Waals surface area contributed by atoms with Gasteiger partial charge in [0, 0.05) is 28.6 Å². The first-order valence-corrected chi connectivity index (χ1v) is 7.26. The number of aliphatic imine (C=N–C) groups is 1. The van der Waals surface area contributed by atoms with Crippen LogP contribution in [0.2, 0.25) is 0 Å². The van der Waals surface area contributed by atoms with Crippen LogP contribution in [0.5, 0.6) is 0 Å². The van der Waals surface area contributed by atoms with Crippen molar-refractivity contribution >= 4 is 61.8 Å². The number of hydrogen-bond donors (Lipinski definition) is 1. The average molecular weight is 489 g/mol. The molecular weight excluding hydrogens is 473 g/mol. The largest absolute Gasteiger partial charge is 0.352 e. The fourth-order valence-electron chi connectivity index (χ4n) is 1.79. The van der Waals surface area contributed by atoms with Crippen LogP contribution < -0.4 is 5.32 Å². The Kier molecular flexibility index (Phi) is 6.94. The average Bonchev–Trinajstić information content (AvgIpc) is 2.78. The third-order valence-corrected chi connectivity index (χ3v) is 4.63. The van der Waals surface area contributed by atoms with Crippen molar-refractivity contribution in [3.8, 4) is 0 Å². The zero-order valence-electron chi connectivity index (χ0n) is 10.1. The van der Waals surface area contributed by atoms with Gasteiger partial charge in [-0.1, -0.05) is 6.07 Å². The molecule has 0 radical (unpaired) electrons. The highest BCUT2D eigenvalue weighted by atomic mass is 127. The van der Waals surface area contributed by atoms with Crippen LogP contribution in [-0.4, -0.2) is 30.5 Å². The van der Waals surface area contributed by atoms with E-state index < -0.39 is 0 Å². The summed E-state index contributed by atoms with van der Waals surface area (Å²) in [6.45, 7) is 5.90. The molecule has 0 amide bonds. The van der Waals surface area contributed by atoms with Crippen LogP contribution in [0, 0.1) is 0 Å². The van der Waals surface area contributed by atoms with Gasteiger partial charge >= 0.3 is 0 Å². The van der Waals surface area contributed by atoms with Gasteiger partial charge < -0.3 is 10.2 Å². The van der Waals surface area contributed by atoms with Crippen LogP contribution in [0.4, 0.5) is 0 Å². The van der Waals surface area contributed by atoms with Crippen molar-refractivity contribution in [2.45, 2.75) is 13.5 Å². The first-order chi connectivity index (χ1) is 8.20. The molecule has 0 saturated carbocycles. The highest BCUT2D eigenvalue weighted by Crippen LogP contribution is 2.23. The van der Waals surface area contributed by atoms with Crippen molar-refractivity contribution in [3.05, 3.63) is 32.7 Å². The zero-order valence-corrected chi connectivity index (χ0v) is 15.6. The van der Waals surface area contributed by atoms with Crippen molar-refractivity contribution in [2.24, 2.45) is 4.99 Å². The summed E-state index contributed by atoms with van der Waals surface area (Å²) in [7, 11) is 0. The Labute approximate surface area is 142 Å². The fourth-order valence-corrected chi connectivity index (χ4v) is 2.46. The number of nitrogens with one attached hydrogen (secondary N) is 1. The summed E-state index contributed by atoms with van der Waals surface area (Å²) < 4.78 is 2.16. The molecule has 100 valence electrons. The molecule has 0 saturated heterocycles. The van der Waals surface area contributed by atoms with Crippen LogP contribution in [0.25, 0.3) is 0 Å². The van der Waals surface area contributed by atoms with Crippen molar-refractivity contribution in [2.75, 3.05) is 19.6 Å². The fraction of sp³-hybridized carbons (Fsp3) is 0.417. The van der Waals surface area contributed by atoms with Gasteiger partial charge in [0.2, 0.25) is 0 Å². The molecule has 1 aliphatic heterocycles. The molecule has 18 heavy (non-hydrogen) atoms. The Morgan fingerprint density at radius 2 is 2.11 bits per heavy atom. The van der Waals surface area contributed by atoms with Crippen LogP contribution >= 0.6 is 55.8 Å². The first kappa shape index (κ1) is 16.2. The van der Waals surface area contributed by atoms with Gasteiger partial charge in [-0.3, -0.25) is 4.99 Å². The van der Waals surface area contributed by atoms with E-state index in [1.165, 1.54) is 5.56 Å². The minimum atomic E-state index is 0. The molecule has 1 N–H and O–H groups in total. The second-order valence-electron chi connectivity index (χ2n) is 3.89. The van der Waals surface area contributed by atoms with Gasteiger partial charge in [-0.2, -0.15) is 0 Å². The molecule has 0 fully saturated rings. The molecule has 0 spiro atoms. The van der Waals surface area contributed by atoms with Gasteiger partial charge in [0.05, 0.1) is 6.54 Å². The maximum Gasteiger partial charge on any atom is 0.194 e. The number of benzene rings is 1. The van der Waals surface area contributed by atoms with Crippen molar-refractivity contribution < 1.29 is 0 Å². The van der Waals surface area contributed by atoms with E-state index in [4.69, 9.17) is 0 Å². The summed E-state index contributed by atoms with van der Waals surface area (Å²) in [5.74, 6) is 1.02. The van der Waals surface area contributed by atoms with Gasteiger partial charge in [0.1, 0.15) is 0 Å². The third kappa shape index (κ3) is 4.09. The van der Waals surface area contributed by atoms with Crippen molar-refractivity contribution in [1.82, 2.24) is 10.2 Å². The summed E-state index contributed by atoms with van der Waals surface area (Å²) in [5, 5.41) is 3.39. The molecule has 0 atom stereocenters. The van der Waals surface area contributed by atoms with Gasteiger partial charge in [-0.15, -0.1) is 24.0 Å². The van der Waals surface area contributed by atoms with Gasteiger partial charge in [-0.05, 0) is 56.5 Å². The van der Waals surface area contributed by atoms with Crippen LogP contribution in [0.15, 0.2) is 32.1 Å². The van der Waals surface area contributed by atoms with E-state index in [2.05, 4.69) is 72.2 Å². The number of guanidine groups is 1. The molecule has 1 heterocycles. The lowest BCUT2D eigenvalue weighted by molar-refractivity contribution is 0.466. The SMILES string of the molecule is CCN1CCN=C1NCc1ccc(Br)c(Br)c1.I. The van der Waals surface area contributed by atoms with E-state index in [9.17, 15) is 0 Å². The van der Waals surface area contributed by atoms with E-state index in [0.29, 0.717) is 0 Å². The lowest BCUT2D eigenvalue weighted by Crippen LogP contribution is -2.37. The predicted octanol–water partition coefficient (Wildman–Crippen LogP) is 3.61. The Hall–Kier alpha value is 0.180. The van der Waals surface area contributed by atoms with Crippen LogP contribution in [-0.2, 0) is 6.54 Å². The topological polar surface area (TPSA) is 27.6 Å². The molecule has 6 heteroatoms. The van der Waals surface area contributed by atoms with E-state index >= 15 is 0 Å².